The van der Waals surface area contributed by atoms with E-state index in [1.54, 1.807) is 23.7 Å². The molecule has 1 saturated heterocycles. The molecule has 1 unspecified atom stereocenters. The van der Waals surface area contributed by atoms with E-state index < -0.39 is 0 Å². The molecule has 0 saturated carbocycles. The molecule has 2 aromatic heterocycles. The van der Waals surface area contributed by atoms with E-state index in [4.69, 9.17) is 0 Å². The summed E-state index contributed by atoms with van der Waals surface area (Å²) in [5, 5.41) is 3.79. The first-order valence-corrected chi connectivity index (χ1v) is 8.61. The van der Waals surface area contributed by atoms with Gasteiger partial charge >= 0.3 is 0 Å². The van der Waals surface area contributed by atoms with Gasteiger partial charge in [-0.1, -0.05) is 0 Å². The molecule has 104 valence electrons. The third-order valence-electron chi connectivity index (χ3n) is 3.45. The standard InChI is InChI=1S/C14H15N3OS2/c1-19-12-10(4-2-6-15-12)14(18)17-8-3-5-11(17)13-16-7-9-20-13/h2,4,6-7,9,11H,3,5,8H2,1H3. The Labute approximate surface area is 126 Å². The normalized spacial score (nSPS) is 18.4. The molecule has 4 nitrogen and oxygen atoms in total. The molecule has 0 aromatic carbocycles. The first kappa shape index (κ1) is 13.6. The minimum absolute atomic E-state index is 0.0696. The quantitative estimate of drug-likeness (QED) is 0.817. The van der Waals surface area contributed by atoms with Crippen LogP contribution < -0.4 is 0 Å². The molecule has 1 fully saturated rings. The van der Waals surface area contributed by atoms with Gasteiger partial charge in [0.1, 0.15) is 10.0 Å². The highest BCUT2D eigenvalue weighted by atomic mass is 32.2. The summed E-state index contributed by atoms with van der Waals surface area (Å²) in [4.78, 5) is 23.4. The number of thioether (sulfide) groups is 1. The highest BCUT2D eigenvalue weighted by molar-refractivity contribution is 7.98. The van der Waals surface area contributed by atoms with Crippen molar-refractivity contribution in [1.82, 2.24) is 14.9 Å². The molecule has 0 radical (unpaired) electrons. The Morgan fingerprint density at radius 2 is 2.35 bits per heavy atom. The van der Waals surface area contributed by atoms with Gasteiger partial charge in [-0.2, -0.15) is 0 Å². The van der Waals surface area contributed by atoms with Crippen LogP contribution in [0.1, 0.15) is 34.2 Å². The summed E-state index contributed by atoms with van der Waals surface area (Å²) in [7, 11) is 0. The van der Waals surface area contributed by atoms with E-state index in [0.29, 0.717) is 5.56 Å². The van der Waals surface area contributed by atoms with Gasteiger partial charge in [-0.05, 0) is 31.2 Å². The average molecular weight is 305 g/mol. The summed E-state index contributed by atoms with van der Waals surface area (Å²) < 4.78 is 0. The molecule has 2 aromatic rings. The predicted molar refractivity (Wildman–Crippen MR) is 81.1 cm³/mol. The highest BCUT2D eigenvalue weighted by Gasteiger charge is 2.33. The maximum absolute atomic E-state index is 12.8. The molecule has 1 aliphatic rings. The van der Waals surface area contributed by atoms with Gasteiger partial charge in [0.15, 0.2) is 0 Å². The number of rotatable bonds is 3. The summed E-state index contributed by atoms with van der Waals surface area (Å²) in [6.07, 6.45) is 7.50. The summed E-state index contributed by atoms with van der Waals surface area (Å²) >= 11 is 3.13. The third kappa shape index (κ3) is 2.45. The summed E-state index contributed by atoms with van der Waals surface area (Å²) in [6.45, 7) is 0.797. The van der Waals surface area contributed by atoms with Crippen molar-refractivity contribution in [1.29, 1.82) is 0 Å². The Balaban J connectivity index is 1.90. The van der Waals surface area contributed by atoms with Crippen molar-refractivity contribution < 1.29 is 4.79 Å². The number of thiazole rings is 1. The minimum Gasteiger partial charge on any atom is -0.329 e. The SMILES string of the molecule is CSc1ncccc1C(=O)N1CCCC1c1nccs1. The molecule has 6 heteroatoms. The maximum atomic E-state index is 12.8. The Hall–Kier alpha value is -1.40. The number of carbonyl (C=O) groups excluding carboxylic acids is 1. The lowest BCUT2D eigenvalue weighted by Gasteiger charge is -2.23. The molecule has 1 amide bonds. The monoisotopic (exact) mass is 305 g/mol. The van der Waals surface area contributed by atoms with Gasteiger partial charge in [-0.15, -0.1) is 23.1 Å². The fraction of sp³-hybridized carbons (Fsp3) is 0.357. The predicted octanol–water partition coefficient (Wildman–Crippen LogP) is 3.24. The summed E-state index contributed by atoms with van der Waals surface area (Å²) in [6, 6.07) is 3.80. The maximum Gasteiger partial charge on any atom is 0.257 e. The van der Waals surface area contributed by atoms with Crippen molar-refractivity contribution in [3.63, 3.8) is 0 Å². The van der Waals surface area contributed by atoms with Crippen molar-refractivity contribution in [2.75, 3.05) is 12.8 Å². The highest BCUT2D eigenvalue weighted by Crippen LogP contribution is 2.34. The number of nitrogens with zero attached hydrogens (tertiary/aromatic N) is 3. The van der Waals surface area contributed by atoms with Crippen LogP contribution >= 0.6 is 23.1 Å². The molecule has 0 spiro atoms. The van der Waals surface area contributed by atoms with E-state index in [0.717, 1.165) is 29.4 Å². The molecule has 20 heavy (non-hydrogen) atoms. The first-order valence-electron chi connectivity index (χ1n) is 6.50. The van der Waals surface area contributed by atoms with Crippen LogP contribution in [0.4, 0.5) is 0 Å². The molecule has 1 atom stereocenters. The van der Waals surface area contributed by atoms with Crippen LogP contribution in [0, 0.1) is 0 Å². The van der Waals surface area contributed by atoms with Gasteiger partial charge in [-0.25, -0.2) is 9.97 Å². The fourth-order valence-electron chi connectivity index (χ4n) is 2.54. The summed E-state index contributed by atoms with van der Waals surface area (Å²) in [5.74, 6) is 0.0696. The van der Waals surface area contributed by atoms with E-state index in [-0.39, 0.29) is 11.9 Å². The Bertz CT molecular complexity index is 600. The molecule has 0 N–H and O–H groups in total. The van der Waals surface area contributed by atoms with Crippen LogP contribution in [0.2, 0.25) is 0 Å². The van der Waals surface area contributed by atoms with Crippen LogP contribution in [0.3, 0.4) is 0 Å². The second kappa shape index (κ2) is 5.93. The third-order valence-corrected chi connectivity index (χ3v) is 5.03. The van der Waals surface area contributed by atoms with E-state index in [1.165, 1.54) is 11.8 Å². The lowest BCUT2D eigenvalue weighted by molar-refractivity contribution is 0.0731. The second-order valence-electron chi connectivity index (χ2n) is 4.59. The van der Waals surface area contributed by atoms with Crippen molar-refractivity contribution in [2.24, 2.45) is 0 Å². The molecular formula is C14H15N3OS2. The zero-order valence-corrected chi connectivity index (χ0v) is 12.8. The van der Waals surface area contributed by atoms with E-state index in [1.807, 2.05) is 28.7 Å². The minimum atomic E-state index is 0.0696. The largest absolute Gasteiger partial charge is 0.329 e. The number of likely N-dealkylation sites (tertiary alicyclic amines) is 1. The topological polar surface area (TPSA) is 46.1 Å². The lowest BCUT2D eigenvalue weighted by Crippen LogP contribution is -2.31. The van der Waals surface area contributed by atoms with Crippen molar-refractivity contribution in [3.8, 4) is 0 Å². The first-order chi connectivity index (χ1) is 9.81. The zero-order valence-electron chi connectivity index (χ0n) is 11.2. The molecule has 3 heterocycles. The molecule has 0 bridgehead atoms. The van der Waals surface area contributed by atoms with Gasteiger partial charge in [0.25, 0.3) is 5.91 Å². The molecule has 1 aliphatic heterocycles. The number of amides is 1. The number of hydrogen-bond acceptors (Lipinski definition) is 5. The Morgan fingerprint density at radius 1 is 1.45 bits per heavy atom. The van der Waals surface area contributed by atoms with Gasteiger partial charge < -0.3 is 4.90 Å². The number of hydrogen-bond donors (Lipinski definition) is 0. The average Bonchev–Trinajstić information content (AvgIpc) is 3.16. The smallest absolute Gasteiger partial charge is 0.257 e. The Kier molecular flexibility index (Phi) is 4.03. The van der Waals surface area contributed by atoms with Crippen molar-refractivity contribution in [2.45, 2.75) is 23.9 Å². The van der Waals surface area contributed by atoms with Crippen molar-refractivity contribution in [3.05, 3.63) is 40.5 Å². The molecule has 3 rings (SSSR count). The van der Waals surface area contributed by atoms with E-state index in [9.17, 15) is 4.79 Å². The van der Waals surface area contributed by atoms with Gasteiger partial charge in [0.05, 0.1) is 11.6 Å². The van der Waals surface area contributed by atoms with E-state index in [2.05, 4.69) is 9.97 Å². The van der Waals surface area contributed by atoms with Crippen LogP contribution in [-0.2, 0) is 0 Å². The fourth-order valence-corrected chi connectivity index (χ4v) is 3.86. The zero-order chi connectivity index (χ0) is 13.9. The number of carbonyl (C=O) groups is 1. The van der Waals surface area contributed by atoms with Crippen LogP contribution in [0.15, 0.2) is 34.9 Å². The summed E-state index contributed by atoms with van der Waals surface area (Å²) in [5.41, 5.74) is 0.698. The van der Waals surface area contributed by atoms with Crippen LogP contribution in [-0.4, -0.2) is 33.6 Å². The van der Waals surface area contributed by atoms with E-state index >= 15 is 0 Å². The van der Waals surface area contributed by atoms with Crippen LogP contribution in [0.5, 0.6) is 0 Å². The van der Waals surface area contributed by atoms with Gasteiger partial charge in [0, 0.05) is 24.3 Å². The number of aromatic nitrogens is 2. The molecule has 0 aliphatic carbocycles. The lowest BCUT2D eigenvalue weighted by atomic mass is 10.2. The number of pyridine rings is 1. The van der Waals surface area contributed by atoms with Gasteiger partial charge in [-0.3, -0.25) is 4.79 Å². The van der Waals surface area contributed by atoms with Crippen molar-refractivity contribution >= 4 is 29.0 Å². The molecular weight excluding hydrogens is 290 g/mol. The Morgan fingerprint density at radius 3 is 3.10 bits per heavy atom. The van der Waals surface area contributed by atoms with Crippen LogP contribution in [0.25, 0.3) is 0 Å². The van der Waals surface area contributed by atoms with Gasteiger partial charge in [0.2, 0.25) is 0 Å². The second-order valence-corrected chi connectivity index (χ2v) is 6.31.